The molecular formula is C20H20N2O2S2. The third-order valence-electron chi connectivity index (χ3n) is 4.01. The Morgan fingerprint density at radius 2 is 1.81 bits per heavy atom. The molecule has 0 fully saturated rings. The van der Waals surface area contributed by atoms with Gasteiger partial charge in [0, 0.05) is 11.9 Å². The third-order valence-corrected chi connectivity index (χ3v) is 6.27. The number of hydrogen-bond donors (Lipinski definition) is 0. The average Bonchev–Trinajstić information content (AvgIpc) is 3.04. The van der Waals surface area contributed by atoms with E-state index in [0.717, 1.165) is 23.2 Å². The molecule has 0 saturated carbocycles. The molecule has 1 heterocycles. The summed E-state index contributed by atoms with van der Waals surface area (Å²) in [5.41, 5.74) is 3.02. The summed E-state index contributed by atoms with van der Waals surface area (Å²) in [6, 6.07) is 16.7. The van der Waals surface area contributed by atoms with Gasteiger partial charge in [0.15, 0.2) is 0 Å². The molecule has 134 valence electrons. The highest BCUT2D eigenvalue weighted by atomic mass is 32.2. The number of allylic oxidation sites excluding steroid dienone is 1. The smallest absolute Gasteiger partial charge is 0.285 e. The van der Waals surface area contributed by atoms with E-state index in [4.69, 9.17) is 0 Å². The van der Waals surface area contributed by atoms with Gasteiger partial charge in [0.2, 0.25) is 4.80 Å². The van der Waals surface area contributed by atoms with Crippen LogP contribution in [0, 0.1) is 0 Å². The zero-order valence-corrected chi connectivity index (χ0v) is 16.1. The molecule has 1 aromatic heterocycles. The summed E-state index contributed by atoms with van der Waals surface area (Å²) >= 11 is 1.31. The first-order valence-electron chi connectivity index (χ1n) is 8.29. The molecule has 0 saturated heterocycles. The standard InChI is InChI=1S/C20H20N2O2S2/c1-3-14-22-19(17-8-6-5-7-9-17)15-25-20(22)21-26(23,24)18-12-10-16(4-2)11-13-18/h3,5-13,15H,1,4,14H2,2H3. The minimum atomic E-state index is -3.77. The maximum Gasteiger partial charge on any atom is 0.285 e. The van der Waals surface area contributed by atoms with Crippen LogP contribution in [0.5, 0.6) is 0 Å². The van der Waals surface area contributed by atoms with E-state index in [0.29, 0.717) is 11.3 Å². The second kappa shape index (κ2) is 7.85. The summed E-state index contributed by atoms with van der Waals surface area (Å²) in [6.07, 6.45) is 2.60. The van der Waals surface area contributed by atoms with Gasteiger partial charge in [-0.15, -0.1) is 22.3 Å². The molecule has 2 aromatic carbocycles. The molecule has 0 aliphatic carbocycles. The zero-order chi connectivity index (χ0) is 18.6. The third kappa shape index (κ3) is 3.86. The fourth-order valence-electron chi connectivity index (χ4n) is 2.60. The lowest BCUT2D eigenvalue weighted by atomic mass is 10.2. The van der Waals surface area contributed by atoms with Gasteiger partial charge in [-0.25, -0.2) is 0 Å². The first kappa shape index (κ1) is 18.4. The molecule has 3 rings (SSSR count). The van der Waals surface area contributed by atoms with Crippen LogP contribution in [0.15, 0.2) is 81.9 Å². The van der Waals surface area contributed by atoms with E-state index in [-0.39, 0.29) is 4.90 Å². The molecule has 0 aliphatic heterocycles. The molecule has 0 bridgehead atoms. The molecule has 6 heteroatoms. The predicted molar refractivity (Wildman–Crippen MR) is 107 cm³/mol. The van der Waals surface area contributed by atoms with Crippen molar-refractivity contribution in [1.29, 1.82) is 0 Å². The summed E-state index contributed by atoms with van der Waals surface area (Å²) in [6.45, 7) is 6.29. The van der Waals surface area contributed by atoms with Crippen LogP contribution in [-0.2, 0) is 23.0 Å². The van der Waals surface area contributed by atoms with Gasteiger partial charge < -0.3 is 4.57 Å². The molecule has 26 heavy (non-hydrogen) atoms. The molecule has 0 N–H and O–H groups in total. The fourth-order valence-corrected chi connectivity index (χ4v) is 4.74. The minimum absolute atomic E-state index is 0.203. The topological polar surface area (TPSA) is 51.4 Å². The lowest BCUT2D eigenvalue weighted by Crippen LogP contribution is -2.17. The SMILES string of the molecule is C=CCn1c(-c2ccccc2)csc1=NS(=O)(=O)c1ccc(CC)cc1. The number of aromatic nitrogens is 1. The van der Waals surface area contributed by atoms with Crippen LogP contribution in [0.25, 0.3) is 11.3 Å². The Morgan fingerprint density at radius 3 is 2.42 bits per heavy atom. The van der Waals surface area contributed by atoms with Crippen molar-refractivity contribution >= 4 is 21.4 Å². The summed E-state index contributed by atoms with van der Waals surface area (Å²) in [5, 5.41) is 1.92. The number of aryl methyl sites for hydroxylation is 1. The Kier molecular flexibility index (Phi) is 5.54. The summed E-state index contributed by atoms with van der Waals surface area (Å²) in [5.74, 6) is 0. The number of rotatable bonds is 6. The van der Waals surface area contributed by atoms with Crippen LogP contribution in [0.2, 0.25) is 0 Å². The van der Waals surface area contributed by atoms with Crippen molar-refractivity contribution < 1.29 is 8.42 Å². The Bertz CT molecular complexity index is 1060. The molecule has 3 aromatic rings. The van der Waals surface area contributed by atoms with Gasteiger partial charge in [0.25, 0.3) is 10.0 Å². The molecular weight excluding hydrogens is 364 g/mol. The van der Waals surface area contributed by atoms with Crippen molar-refractivity contribution in [3.8, 4) is 11.3 Å². The van der Waals surface area contributed by atoms with Crippen molar-refractivity contribution in [3.63, 3.8) is 0 Å². The van der Waals surface area contributed by atoms with Crippen LogP contribution in [0.4, 0.5) is 0 Å². The van der Waals surface area contributed by atoms with Crippen molar-refractivity contribution in [3.05, 3.63) is 83.0 Å². The van der Waals surface area contributed by atoms with Gasteiger partial charge in [-0.05, 0) is 29.7 Å². The van der Waals surface area contributed by atoms with E-state index >= 15 is 0 Å². The highest BCUT2D eigenvalue weighted by Gasteiger charge is 2.14. The predicted octanol–water partition coefficient (Wildman–Crippen LogP) is 4.25. The van der Waals surface area contributed by atoms with E-state index in [1.807, 2.05) is 59.3 Å². The van der Waals surface area contributed by atoms with Crippen LogP contribution in [0.3, 0.4) is 0 Å². The van der Waals surface area contributed by atoms with Gasteiger partial charge in [0.1, 0.15) is 0 Å². The normalized spacial score (nSPS) is 12.3. The van der Waals surface area contributed by atoms with Gasteiger partial charge in [-0.1, -0.05) is 55.5 Å². The number of benzene rings is 2. The molecule has 4 nitrogen and oxygen atoms in total. The maximum atomic E-state index is 12.7. The zero-order valence-electron chi connectivity index (χ0n) is 14.5. The van der Waals surface area contributed by atoms with Crippen molar-refractivity contribution in [2.45, 2.75) is 24.8 Å². The quantitative estimate of drug-likeness (QED) is 0.597. The Balaban J connectivity index is 2.10. The lowest BCUT2D eigenvalue weighted by molar-refractivity contribution is 0.595. The van der Waals surface area contributed by atoms with E-state index in [1.54, 1.807) is 18.2 Å². The molecule has 0 unspecified atom stereocenters. The summed E-state index contributed by atoms with van der Waals surface area (Å²) < 4.78 is 31.4. The van der Waals surface area contributed by atoms with Crippen molar-refractivity contribution in [2.75, 3.05) is 0 Å². The molecule has 0 aliphatic rings. The van der Waals surface area contributed by atoms with E-state index in [2.05, 4.69) is 11.0 Å². The number of thiazole rings is 1. The van der Waals surface area contributed by atoms with Gasteiger partial charge in [0.05, 0.1) is 10.6 Å². The van der Waals surface area contributed by atoms with E-state index in [1.165, 1.54) is 11.3 Å². The van der Waals surface area contributed by atoms with Crippen LogP contribution < -0.4 is 4.80 Å². The minimum Gasteiger partial charge on any atom is -0.312 e. The first-order valence-corrected chi connectivity index (χ1v) is 10.6. The molecule has 0 atom stereocenters. The van der Waals surface area contributed by atoms with Crippen LogP contribution in [0.1, 0.15) is 12.5 Å². The molecule has 0 amide bonds. The highest BCUT2D eigenvalue weighted by molar-refractivity contribution is 7.90. The Hall–Kier alpha value is -2.44. The molecule has 0 spiro atoms. The summed E-state index contributed by atoms with van der Waals surface area (Å²) in [4.78, 5) is 0.637. The Morgan fingerprint density at radius 1 is 1.12 bits per heavy atom. The fraction of sp³-hybridized carbons (Fsp3) is 0.150. The van der Waals surface area contributed by atoms with Gasteiger partial charge >= 0.3 is 0 Å². The van der Waals surface area contributed by atoms with Gasteiger partial charge in [-0.2, -0.15) is 8.42 Å². The second-order valence-corrected chi connectivity index (χ2v) is 8.17. The maximum absolute atomic E-state index is 12.7. The lowest BCUT2D eigenvalue weighted by Gasteiger charge is -2.06. The molecule has 0 radical (unpaired) electrons. The van der Waals surface area contributed by atoms with Crippen molar-refractivity contribution in [1.82, 2.24) is 4.57 Å². The Labute approximate surface area is 157 Å². The van der Waals surface area contributed by atoms with Crippen molar-refractivity contribution in [2.24, 2.45) is 4.40 Å². The van der Waals surface area contributed by atoms with Crippen LogP contribution in [-0.4, -0.2) is 13.0 Å². The van der Waals surface area contributed by atoms with Gasteiger partial charge in [-0.3, -0.25) is 0 Å². The monoisotopic (exact) mass is 384 g/mol. The summed E-state index contributed by atoms with van der Waals surface area (Å²) in [7, 11) is -3.77. The second-order valence-electron chi connectivity index (χ2n) is 5.73. The number of hydrogen-bond acceptors (Lipinski definition) is 3. The van der Waals surface area contributed by atoms with Crippen LogP contribution >= 0.6 is 11.3 Å². The largest absolute Gasteiger partial charge is 0.312 e. The first-order chi connectivity index (χ1) is 12.5. The van der Waals surface area contributed by atoms with E-state index < -0.39 is 10.0 Å². The average molecular weight is 385 g/mol. The number of nitrogens with zero attached hydrogens (tertiary/aromatic N) is 2. The highest BCUT2D eigenvalue weighted by Crippen LogP contribution is 2.20. The number of sulfonamides is 1. The van der Waals surface area contributed by atoms with E-state index in [9.17, 15) is 8.42 Å².